The zero-order chi connectivity index (χ0) is 22.2. The number of halogens is 1. The second kappa shape index (κ2) is 8.51. The van der Waals surface area contributed by atoms with E-state index >= 15 is 0 Å². The fourth-order valence-corrected chi connectivity index (χ4v) is 5.56. The molecule has 0 unspecified atom stereocenters. The van der Waals surface area contributed by atoms with Gasteiger partial charge < -0.3 is 5.11 Å². The number of thiophene rings is 1. The van der Waals surface area contributed by atoms with Crippen LogP contribution in [0.2, 0.25) is 5.02 Å². The number of nitrogens with zero attached hydrogens (tertiary/aromatic N) is 2. The maximum Gasteiger partial charge on any atom is 0.336 e. The molecule has 1 aliphatic rings. The third kappa shape index (κ3) is 3.73. The molecule has 4 nitrogen and oxygen atoms in total. The van der Waals surface area contributed by atoms with Crippen molar-refractivity contribution in [3.05, 3.63) is 87.4 Å². The van der Waals surface area contributed by atoms with E-state index in [0.717, 1.165) is 50.3 Å². The van der Waals surface area contributed by atoms with Gasteiger partial charge in [0.05, 0.1) is 16.8 Å². The van der Waals surface area contributed by atoms with Crippen LogP contribution in [0.15, 0.2) is 60.7 Å². The number of carbonyl (C=O) groups is 1. The molecule has 2 aromatic carbocycles. The molecule has 6 heteroatoms. The molecule has 1 N–H and O–H groups in total. The van der Waals surface area contributed by atoms with Gasteiger partial charge in [0.15, 0.2) is 0 Å². The molecule has 4 aromatic rings. The summed E-state index contributed by atoms with van der Waals surface area (Å²) in [4.78, 5) is 21.6. The normalized spacial score (nSPS) is 15.2. The van der Waals surface area contributed by atoms with E-state index in [1.165, 1.54) is 0 Å². The molecule has 0 saturated heterocycles. The number of aromatic carboxylic acids is 1. The van der Waals surface area contributed by atoms with Crippen molar-refractivity contribution in [2.45, 2.75) is 13.5 Å². The van der Waals surface area contributed by atoms with Crippen molar-refractivity contribution in [3.63, 3.8) is 0 Å². The lowest BCUT2D eigenvalue weighted by molar-refractivity contribution is 0.0696. The standard InChI is InChI=1S/C26H21ClN2O2S/c1-2-29-14-16(13-17-11-12-23(32-17)18-7-3-5-9-21(18)27)25-20(15-29)24(26(30)31)19-8-4-6-10-22(19)28-25/h3-13H,2,14-15H2,1H3,(H,30,31)/b16-13+. The Hall–Kier alpha value is -2.99. The van der Waals surface area contributed by atoms with Crippen LogP contribution in [-0.4, -0.2) is 34.0 Å². The van der Waals surface area contributed by atoms with Crippen molar-refractivity contribution in [2.75, 3.05) is 13.1 Å². The Morgan fingerprint density at radius 2 is 1.91 bits per heavy atom. The van der Waals surface area contributed by atoms with Gasteiger partial charge in [0.25, 0.3) is 0 Å². The van der Waals surface area contributed by atoms with Gasteiger partial charge in [-0.25, -0.2) is 9.78 Å². The van der Waals surface area contributed by atoms with E-state index in [1.807, 2.05) is 48.5 Å². The lowest BCUT2D eigenvalue weighted by atomic mass is 9.92. The number of hydrogen-bond acceptors (Lipinski definition) is 4. The second-order valence-corrected chi connectivity index (χ2v) is 9.31. The molecule has 3 heterocycles. The summed E-state index contributed by atoms with van der Waals surface area (Å²) in [6.45, 7) is 4.24. The van der Waals surface area contributed by atoms with Crippen LogP contribution in [0.5, 0.6) is 0 Å². The number of rotatable bonds is 4. The molecule has 0 saturated carbocycles. The van der Waals surface area contributed by atoms with E-state index in [1.54, 1.807) is 11.3 Å². The number of hydrogen-bond donors (Lipinski definition) is 1. The zero-order valence-corrected chi connectivity index (χ0v) is 19.1. The third-order valence-corrected chi connectivity index (χ3v) is 7.21. The first kappa shape index (κ1) is 20.9. The Bertz CT molecular complexity index is 1380. The average Bonchev–Trinajstić information content (AvgIpc) is 3.25. The fourth-order valence-electron chi connectivity index (χ4n) is 4.26. The van der Waals surface area contributed by atoms with E-state index in [-0.39, 0.29) is 0 Å². The molecule has 160 valence electrons. The van der Waals surface area contributed by atoms with Crippen molar-refractivity contribution in [1.82, 2.24) is 9.88 Å². The van der Waals surface area contributed by atoms with Crippen LogP contribution in [-0.2, 0) is 6.54 Å². The molecule has 0 aliphatic carbocycles. The van der Waals surface area contributed by atoms with E-state index in [4.69, 9.17) is 16.6 Å². The molecule has 0 fully saturated rings. The average molecular weight is 461 g/mol. The Labute approximate surface area is 195 Å². The van der Waals surface area contributed by atoms with E-state index in [2.05, 4.69) is 30.0 Å². The topological polar surface area (TPSA) is 53.4 Å². The number of para-hydroxylation sites is 1. The Balaban J connectivity index is 1.66. The van der Waals surface area contributed by atoms with Crippen molar-refractivity contribution in [3.8, 4) is 10.4 Å². The molecule has 5 rings (SSSR count). The fraction of sp³-hybridized carbons (Fsp3) is 0.154. The number of benzene rings is 2. The first-order valence-electron chi connectivity index (χ1n) is 10.5. The number of pyridine rings is 1. The van der Waals surface area contributed by atoms with Gasteiger partial charge in [-0.05, 0) is 42.5 Å². The lowest BCUT2D eigenvalue weighted by Crippen LogP contribution is -2.31. The van der Waals surface area contributed by atoms with Crippen LogP contribution in [0.25, 0.3) is 33.0 Å². The van der Waals surface area contributed by atoms with Gasteiger partial charge in [0.1, 0.15) is 0 Å². The molecule has 0 spiro atoms. The molecule has 0 amide bonds. The lowest BCUT2D eigenvalue weighted by Gasteiger charge is -2.30. The van der Waals surface area contributed by atoms with Crippen LogP contribution in [0.1, 0.15) is 33.4 Å². The number of aromatic nitrogens is 1. The largest absolute Gasteiger partial charge is 0.478 e. The summed E-state index contributed by atoms with van der Waals surface area (Å²) < 4.78 is 0. The minimum atomic E-state index is -0.908. The van der Waals surface area contributed by atoms with Crippen molar-refractivity contribution in [1.29, 1.82) is 0 Å². The van der Waals surface area contributed by atoms with Crippen LogP contribution < -0.4 is 0 Å². The smallest absolute Gasteiger partial charge is 0.336 e. The van der Waals surface area contributed by atoms with Gasteiger partial charge in [-0.2, -0.15) is 0 Å². The molecule has 0 radical (unpaired) electrons. The second-order valence-electron chi connectivity index (χ2n) is 7.79. The molecular formula is C26H21ClN2O2S. The van der Waals surface area contributed by atoms with Crippen LogP contribution in [0.4, 0.5) is 0 Å². The van der Waals surface area contributed by atoms with Crippen LogP contribution in [0.3, 0.4) is 0 Å². The maximum atomic E-state index is 12.3. The molecular weight excluding hydrogens is 440 g/mol. The minimum absolute atomic E-state index is 0.359. The first-order valence-corrected chi connectivity index (χ1v) is 11.7. The SMILES string of the molecule is CCN1C/C(=C\c2ccc(-c3ccccc3Cl)s2)c2nc3ccccc3c(C(=O)O)c2C1. The molecule has 32 heavy (non-hydrogen) atoms. The van der Waals surface area contributed by atoms with Crippen molar-refractivity contribution >= 4 is 51.5 Å². The van der Waals surface area contributed by atoms with Gasteiger partial charge in [-0.3, -0.25) is 4.90 Å². The number of carboxylic acids is 1. The summed E-state index contributed by atoms with van der Waals surface area (Å²) in [5.74, 6) is -0.908. The third-order valence-electron chi connectivity index (χ3n) is 5.82. The van der Waals surface area contributed by atoms with Gasteiger partial charge in [-0.15, -0.1) is 11.3 Å². The van der Waals surface area contributed by atoms with Crippen molar-refractivity contribution in [2.24, 2.45) is 0 Å². The van der Waals surface area contributed by atoms with E-state index in [9.17, 15) is 9.90 Å². The Kier molecular flexibility index (Phi) is 5.55. The van der Waals surface area contributed by atoms with E-state index in [0.29, 0.717) is 23.0 Å². The van der Waals surface area contributed by atoms with Gasteiger partial charge in [0, 0.05) is 44.4 Å². The van der Waals surface area contributed by atoms with Gasteiger partial charge in [0.2, 0.25) is 0 Å². The summed E-state index contributed by atoms with van der Waals surface area (Å²) in [7, 11) is 0. The minimum Gasteiger partial charge on any atom is -0.478 e. The highest BCUT2D eigenvalue weighted by molar-refractivity contribution is 7.16. The summed E-state index contributed by atoms with van der Waals surface area (Å²) in [6, 6.07) is 19.5. The molecule has 1 aliphatic heterocycles. The number of fused-ring (bicyclic) bond motifs is 2. The monoisotopic (exact) mass is 460 g/mol. The molecule has 0 atom stereocenters. The summed E-state index contributed by atoms with van der Waals surface area (Å²) in [5.41, 5.74) is 4.70. The van der Waals surface area contributed by atoms with Crippen molar-refractivity contribution < 1.29 is 9.90 Å². The highest BCUT2D eigenvalue weighted by atomic mass is 35.5. The Morgan fingerprint density at radius 1 is 1.12 bits per heavy atom. The zero-order valence-electron chi connectivity index (χ0n) is 17.5. The Morgan fingerprint density at radius 3 is 2.69 bits per heavy atom. The van der Waals surface area contributed by atoms with Gasteiger partial charge in [-0.1, -0.05) is 54.9 Å². The van der Waals surface area contributed by atoms with Gasteiger partial charge >= 0.3 is 5.97 Å². The maximum absolute atomic E-state index is 12.3. The number of carboxylic acid groups (broad SMARTS) is 1. The predicted octanol–water partition coefficient (Wildman–Crippen LogP) is 6.69. The molecule has 0 bridgehead atoms. The highest BCUT2D eigenvalue weighted by Crippen LogP contribution is 2.37. The highest BCUT2D eigenvalue weighted by Gasteiger charge is 2.28. The summed E-state index contributed by atoms with van der Waals surface area (Å²) in [6.07, 6.45) is 2.14. The number of likely N-dealkylation sites (N-methyl/N-ethyl adjacent to an activating group) is 1. The predicted molar refractivity (Wildman–Crippen MR) is 132 cm³/mol. The summed E-state index contributed by atoms with van der Waals surface area (Å²) in [5, 5.41) is 11.5. The van der Waals surface area contributed by atoms with Crippen LogP contribution >= 0.6 is 22.9 Å². The molecule has 2 aromatic heterocycles. The quantitative estimate of drug-likeness (QED) is 0.368. The van der Waals surface area contributed by atoms with Crippen LogP contribution in [0, 0.1) is 0 Å². The summed E-state index contributed by atoms with van der Waals surface area (Å²) >= 11 is 8.05. The van der Waals surface area contributed by atoms with E-state index < -0.39 is 5.97 Å². The first-order chi connectivity index (χ1) is 15.5.